The summed E-state index contributed by atoms with van der Waals surface area (Å²) in [5.74, 6) is 2.55. The maximum Gasteiger partial charge on any atom is 0.191 e. The lowest BCUT2D eigenvalue weighted by atomic mass is 10.2. The van der Waals surface area contributed by atoms with Crippen molar-refractivity contribution in [2.24, 2.45) is 4.99 Å². The molecule has 150 valence electrons. The highest BCUT2D eigenvalue weighted by atomic mass is 32.2. The van der Waals surface area contributed by atoms with Crippen LogP contribution in [0.3, 0.4) is 0 Å². The molecule has 3 rings (SSSR count). The SMILES string of the molecule is CCNC(=NCc1ccccc1Oc1ccc(C)cc1)NC1CCS(=O)(=O)C1. The van der Waals surface area contributed by atoms with Gasteiger partial charge in [0.25, 0.3) is 0 Å². The van der Waals surface area contributed by atoms with Crippen molar-refractivity contribution in [2.45, 2.75) is 32.9 Å². The number of nitrogens with zero attached hydrogens (tertiary/aromatic N) is 1. The monoisotopic (exact) mass is 401 g/mol. The number of sulfone groups is 1. The lowest BCUT2D eigenvalue weighted by Crippen LogP contribution is -2.44. The lowest BCUT2D eigenvalue weighted by molar-refractivity contribution is 0.476. The summed E-state index contributed by atoms with van der Waals surface area (Å²) in [4.78, 5) is 4.63. The van der Waals surface area contributed by atoms with Gasteiger partial charge < -0.3 is 15.4 Å². The molecule has 1 unspecified atom stereocenters. The minimum atomic E-state index is -2.93. The Balaban J connectivity index is 1.71. The van der Waals surface area contributed by atoms with Gasteiger partial charge in [-0.05, 0) is 38.5 Å². The van der Waals surface area contributed by atoms with Crippen molar-refractivity contribution in [3.8, 4) is 11.5 Å². The number of aryl methyl sites for hydroxylation is 1. The smallest absolute Gasteiger partial charge is 0.191 e. The van der Waals surface area contributed by atoms with Crippen LogP contribution in [0.1, 0.15) is 24.5 Å². The predicted molar refractivity (Wildman–Crippen MR) is 113 cm³/mol. The molecular weight excluding hydrogens is 374 g/mol. The van der Waals surface area contributed by atoms with Crippen molar-refractivity contribution in [2.75, 3.05) is 18.1 Å². The molecule has 1 atom stereocenters. The molecular formula is C21H27N3O3S. The maximum atomic E-state index is 11.7. The van der Waals surface area contributed by atoms with Crippen LogP contribution in [0, 0.1) is 6.92 Å². The standard InChI is InChI=1S/C21H27N3O3S/c1-3-22-21(24-18-12-13-28(25,26)15-18)23-14-17-6-4-5-7-20(17)27-19-10-8-16(2)9-11-19/h4-11,18H,3,12-15H2,1-2H3,(H2,22,23,24). The Kier molecular flexibility index (Phi) is 6.57. The third-order valence-corrected chi connectivity index (χ3v) is 6.31. The Hall–Kier alpha value is -2.54. The summed E-state index contributed by atoms with van der Waals surface area (Å²) < 4.78 is 29.4. The van der Waals surface area contributed by atoms with E-state index in [0.717, 1.165) is 17.1 Å². The van der Waals surface area contributed by atoms with Crippen LogP contribution < -0.4 is 15.4 Å². The number of nitrogens with one attached hydrogen (secondary N) is 2. The largest absolute Gasteiger partial charge is 0.457 e. The first-order valence-corrected chi connectivity index (χ1v) is 11.3. The second kappa shape index (κ2) is 9.10. The van der Waals surface area contributed by atoms with Crippen LogP contribution in [0.25, 0.3) is 0 Å². The fourth-order valence-electron chi connectivity index (χ4n) is 3.05. The quantitative estimate of drug-likeness (QED) is 0.575. The summed E-state index contributed by atoms with van der Waals surface area (Å²) in [5.41, 5.74) is 2.14. The van der Waals surface area contributed by atoms with E-state index in [0.29, 0.717) is 25.5 Å². The zero-order valence-corrected chi connectivity index (χ0v) is 17.1. The van der Waals surface area contributed by atoms with Crippen molar-refractivity contribution >= 4 is 15.8 Å². The summed E-state index contributed by atoms with van der Waals surface area (Å²) in [6.07, 6.45) is 0.611. The van der Waals surface area contributed by atoms with Crippen LogP contribution in [0.4, 0.5) is 0 Å². The second-order valence-electron chi connectivity index (χ2n) is 6.96. The van der Waals surface area contributed by atoms with E-state index in [1.54, 1.807) is 0 Å². The highest BCUT2D eigenvalue weighted by Gasteiger charge is 2.28. The van der Waals surface area contributed by atoms with Crippen molar-refractivity contribution < 1.29 is 13.2 Å². The van der Waals surface area contributed by atoms with Crippen LogP contribution in [-0.4, -0.2) is 38.5 Å². The minimum absolute atomic E-state index is 0.0955. The highest BCUT2D eigenvalue weighted by Crippen LogP contribution is 2.26. The first-order chi connectivity index (χ1) is 13.4. The molecule has 2 N–H and O–H groups in total. The van der Waals surface area contributed by atoms with E-state index in [-0.39, 0.29) is 17.5 Å². The van der Waals surface area contributed by atoms with Gasteiger partial charge in [0.15, 0.2) is 15.8 Å². The Bertz CT molecular complexity index is 924. The van der Waals surface area contributed by atoms with E-state index < -0.39 is 9.84 Å². The second-order valence-corrected chi connectivity index (χ2v) is 9.19. The lowest BCUT2D eigenvalue weighted by Gasteiger charge is -2.16. The molecule has 0 saturated carbocycles. The van der Waals surface area contributed by atoms with E-state index >= 15 is 0 Å². The van der Waals surface area contributed by atoms with Crippen molar-refractivity contribution in [1.82, 2.24) is 10.6 Å². The molecule has 0 spiro atoms. The van der Waals surface area contributed by atoms with E-state index in [1.807, 2.05) is 62.4 Å². The molecule has 0 aromatic heterocycles. The molecule has 2 aromatic carbocycles. The van der Waals surface area contributed by atoms with Crippen molar-refractivity contribution in [3.63, 3.8) is 0 Å². The van der Waals surface area contributed by atoms with Gasteiger partial charge in [0, 0.05) is 18.2 Å². The molecule has 1 heterocycles. The summed E-state index contributed by atoms with van der Waals surface area (Å²) in [6.45, 7) is 5.15. The Morgan fingerprint density at radius 3 is 2.61 bits per heavy atom. The number of hydrogen-bond acceptors (Lipinski definition) is 4. The number of guanidine groups is 1. The van der Waals surface area contributed by atoms with Gasteiger partial charge in [0.1, 0.15) is 11.5 Å². The number of rotatable bonds is 6. The molecule has 28 heavy (non-hydrogen) atoms. The van der Waals surface area contributed by atoms with Gasteiger partial charge >= 0.3 is 0 Å². The van der Waals surface area contributed by atoms with Crippen LogP contribution in [0.2, 0.25) is 0 Å². The zero-order valence-electron chi connectivity index (χ0n) is 16.3. The number of ether oxygens (including phenoxy) is 1. The molecule has 0 amide bonds. The Morgan fingerprint density at radius 1 is 1.18 bits per heavy atom. The molecule has 1 aliphatic heterocycles. The summed E-state index contributed by atoms with van der Waals surface area (Å²) >= 11 is 0. The predicted octanol–water partition coefficient (Wildman–Crippen LogP) is 3.03. The molecule has 0 radical (unpaired) electrons. The van der Waals surface area contributed by atoms with E-state index in [1.165, 1.54) is 5.56 Å². The fraction of sp³-hybridized carbons (Fsp3) is 0.381. The Morgan fingerprint density at radius 2 is 1.93 bits per heavy atom. The van der Waals surface area contributed by atoms with Gasteiger partial charge in [0.05, 0.1) is 18.1 Å². The van der Waals surface area contributed by atoms with Gasteiger partial charge in [-0.3, -0.25) is 0 Å². The molecule has 1 fully saturated rings. The third kappa shape index (κ3) is 5.73. The third-order valence-electron chi connectivity index (χ3n) is 4.55. The van der Waals surface area contributed by atoms with Gasteiger partial charge in [-0.15, -0.1) is 0 Å². The first-order valence-electron chi connectivity index (χ1n) is 9.53. The molecule has 1 saturated heterocycles. The first kappa shape index (κ1) is 20.2. The van der Waals surface area contributed by atoms with E-state index in [2.05, 4.69) is 15.6 Å². The summed E-state index contributed by atoms with van der Waals surface area (Å²) in [5, 5.41) is 6.42. The minimum Gasteiger partial charge on any atom is -0.457 e. The average Bonchev–Trinajstić information content (AvgIpc) is 3.01. The summed E-state index contributed by atoms with van der Waals surface area (Å²) in [7, 11) is -2.93. The van der Waals surface area contributed by atoms with Gasteiger partial charge in [0.2, 0.25) is 0 Å². The molecule has 6 nitrogen and oxygen atoms in total. The molecule has 0 aliphatic carbocycles. The molecule has 0 bridgehead atoms. The van der Waals surface area contributed by atoms with Gasteiger partial charge in [-0.1, -0.05) is 35.9 Å². The van der Waals surface area contributed by atoms with Gasteiger partial charge in [-0.2, -0.15) is 0 Å². The average molecular weight is 402 g/mol. The molecule has 7 heteroatoms. The zero-order chi connectivity index (χ0) is 20.0. The number of para-hydroxylation sites is 1. The number of aliphatic imine (C=N–C) groups is 1. The fourth-order valence-corrected chi connectivity index (χ4v) is 4.73. The van der Waals surface area contributed by atoms with Crippen LogP contribution in [0.5, 0.6) is 11.5 Å². The van der Waals surface area contributed by atoms with E-state index in [9.17, 15) is 8.42 Å². The van der Waals surface area contributed by atoms with Crippen LogP contribution in [-0.2, 0) is 16.4 Å². The summed E-state index contributed by atoms with van der Waals surface area (Å²) in [6, 6.07) is 15.6. The van der Waals surface area contributed by atoms with Crippen LogP contribution in [0.15, 0.2) is 53.5 Å². The molecule has 2 aromatic rings. The highest BCUT2D eigenvalue weighted by molar-refractivity contribution is 7.91. The van der Waals surface area contributed by atoms with E-state index in [4.69, 9.17) is 4.74 Å². The number of hydrogen-bond donors (Lipinski definition) is 2. The van der Waals surface area contributed by atoms with Crippen molar-refractivity contribution in [3.05, 3.63) is 59.7 Å². The van der Waals surface area contributed by atoms with Crippen LogP contribution >= 0.6 is 0 Å². The van der Waals surface area contributed by atoms with Crippen molar-refractivity contribution in [1.29, 1.82) is 0 Å². The topological polar surface area (TPSA) is 79.8 Å². The Labute approximate surface area is 167 Å². The number of benzene rings is 2. The molecule has 1 aliphatic rings. The van der Waals surface area contributed by atoms with Gasteiger partial charge in [-0.25, -0.2) is 13.4 Å². The normalized spacial score (nSPS) is 18.6. The maximum absolute atomic E-state index is 11.7.